The van der Waals surface area contributed by atoms with Crippen LogP contribution in [0.4, 0.5) is 5.69 Å². The molecule has 0 bridgehead atoms. The second kappa shape index (κ2) is 7.36. The Kier molecular flexibility index (Phi) is 4.76. The van der Waals surface area contributed by atoms with Gasteiger partial charge >= 0.3 is 0 Å². The number of anilines is 1. The van der Waals surface area contributed by atoms with E-state index in [1.54, 1.807) is 6.20 Å². The quantitative estimate of drug-likeness (QED) is 0.638. The Morgan fingerprint density at radius 3 is 2.44 bits per heavy atom. The fraction of sp³-hybridized carbons (Fsp3) is 0.250. The number of nitrogens with zero attached hydrogens (tertiary/aromatic N) is 1. The van der Waals surface area contributed by atoms with Crippen LogP contribution in [0.25, 0.3) is 16.5 Å². The highest BCUT2D eigenvalue weighted by molar-refractivity contribution is 6.04. The smallest absolute Gasteiger partial charge is 0.235 e. The second-order valence-corrected chi connectivity index (χ2v) is 7.36. The van der Waals surface area contributed by atoms with Gasteiger partial charge in [0.2, 0.25) is 5.91 Å². The molecular formula is C24H24N2O. The lowest BCUT2D eigenvalue weighted by atomic mass is 9.67. The standard InChI is InChI=1S/C24H24N2O/c1-18(19-10-4-2-5-11-19)24(14-8-3-9-15-24)23(27)26-21-16-20-12-6-7-13-22(20)25-17-21/h2,4-7,10-13,16-17H,1,3,8-9,14-15H2,(H,26,27). The molecule has 1 aromatic heterocycles. The first-order valence-electron chi connectivity index (χ1n) is 9.60. The average molecular weight is 356 g/mol. The Morgan fingerprint density at radius 2 is 1.67 bits per heavy atom. The summed E-state index contributed by atoms with van der Waals surface area (Å²) in [5.74, 6) is 0.0353. The zero-order valence-electron chi connectivity index (χ0n) is 15.4. The van der Waals surface area contributed by atoms with Crippen molar-refractivity contribution in [3.63, 3.8) is 0 Å². The minimum absolute atomic E-state index is 0.0353. The van der Waals surface area contributed by atoms with Gasteiger partial charge in [0.05, 0.1) is 22.8 Å². The van der Waals surface area contributed by atoms with Crippen LogP contribution < -0.4 is 5.32 Å². The van der Waals surface area contributed by atoms with Crippen molar-refractivity contribution in [2.24, 2.45) is 5.41 Å². The number of pyridine rings is 1. The molecule has 1 fully saturated rings. The van der Waals surface area contributed by atoms with Gasteiger partial charge in [0.15, 0.2) is 0 Å². The van der Waals surface area contributed by atoms with Crippen LogP contribution in [0.15, 0.2) is 73.4 Å². The van der Waals surface area contributed by atoms with Crippen LogP contribution in [0, 0.1) is 5.41 Å². The number of amides is 1. The summed E-state index contributed by atoms with van der Waals surface area (Å²) < 4.78 is 0. The second-order valence-electron chi connectivity index (χ2n) is 7.36. The van der Waals surface area contributed by atoms with Gasteiger partial charge in [-0.05, 0) is 36.1 Å². The van der Waals surface area contributed by atoms with Crippen LogP contribution in [0.2, 0.25) is 0 Å². The first-order chi connectivity index (χ1) is 13.2. The van der Waals surface area contributed by atoms with E-state index in [1.165, 1.54) is 6.42 Å². The summed E-state index contributed by atoms with van der Waals surface area (Å²) in [4.78, 5) is 17.9. The van der Waals surface area contributed by atoms with Crippen molar-refractivity contribution in [1.29, 1.82) is 0 Å². The van der Waals surface area contributed by atoms with Crippen molar-refractivity contribution in [1.82, 2.24) is 4.98 Å². The molecule has 136 valence electrons. The molecule has 2 aromatic carbocycles. The molecule has 4 rings (SSSR count). The molecule has 27 heavy (non-hydrogen) atoms. The van der Waals surface area contributed by atoms with E-state index in [2.05, 4.69) is 16.9 Å². The molecule has 1 aliphatic rings. The first-order valence-corrected chi connectivity index (χ1v) is 9.60. The van der Waals surface area contributed by atoms with Gasteiger partial charge in [-0.3, -0.25) is 9.78 Å². The molecule has 1 heterocycles. The number of rotatable bonds is 4. The summed E-state index contributed by atoms with van der Waals surface area (Å²) in [6.07, 6.45) is 6.70. The van der Waals surface area contributed by atoms with Crippen LogP contribution in [0.1, 0.15) is 37.7 Å². The zero-order valence-corrected chi connectivity index (χ0v) is 15.4. The maximum Gasteiger partial charge on any atom is 0.235 e. The summed E-state index contributed by atoms with van der Waals surface area (Å²) in [5, 5.41) is 4.16. The van der Waals surface area contributed by atoms with Gasteiger partial charge in [0.1, 0.15) is 0 Å². The summed E-state index contributed by atoms with van der Waals surface area (Å²) >= 11 is 0. The number of para-hydroxylation sites is 1. The van der Waals surface area contributed by atoms with Crippen molar-refractivity contribution < 1.29 is 4.79 Å². The van der Waals surface area contributed by atoms with Crippen molar-refractivity contribution in [2.45, 2.75) is 32.1 Å². The SMILES string of the molecule is C=C(c1ccccc1)C1(C(=O)Nc2cnc3ccccc3c2)CCCCC1. The van der Waals surface area contributed by atoms with E-state index in [0.29, 0.717) is 0 Å². The first kappa shape index (κ1) is 17.5. The number of carbonyl (C=O) groups is 1. The van der Waals surface area contributed by atoms with E-state index in [-0.39, 0.29) is 5.91 Å². The number of hydrogen-bond acceptors (Lipinski definition) is 2. The molecule has 1 amide bonds. The molecule has 0 radical (unpaired) electrons. The van der Waals surface area contributed by atoms with Crippen LogP contribution >= 0.6 is 0 Å². The molecule has 0 saturated heterocycles. The molecule has 0 aliphatic heterocycles. The average Bonchev–Trinajstić information content (AvgIpc) is 2.74. The number of carbonyl (C=O) groups excluding carboxylic acids is 1. The number of nitrogens with one attached hydrogen (secondary N) is 1. The number of hydrogen-bond donors (Lipinski definition) is 1. The predicted octanol–water partition coefficient (Wildman–Crippen LogP) is 5.84. The Hall–Kier alpha value is -2.94. The van der Waals surface area contributed by atoms with E-state index in [9.17, 15) is 4.79 Å². The predicted molar refractivity (Wildman–Crippen MR) is 111 cm³/mol. The van der Waals surface area contributed by atoms with Crippen LogP contribution in [0.5, 0.6) is 0 Å². The molecule has 1 N–H and O–H groups in total. The molecule has 1 aliphatic carbocycles. The molecule has 0 atom stereocenters. The van der Waals surface area contributed by atoms with Gasteiger partial charge < -0.3 is 5.32 Å². The highest BCUT2D eigenvalue weighted by Crippen LogP contribution is 2.46. The van der Waals surface area contributed by atoms with E-state index < -0.39 is 5.41 Å². The lowest BCUT2D eigenvalue weighted by molar-refractivity contribution is -0.124. The molecule has 0 unspecified atom stereocenters. The largest absolute Gasteiger partial charge is 0.324 e. The summed E-state index contributed by atoms with van der Waals surface area (Å²) in [5.41, 5.74) is 3.09. The van der Waals surface area contributed by atoms with E-state index in [4.69, 9.17) is 0 Å². The van der Waals surface area contributed by atoms with Gasteiger partial charge in [0, 0.05) is 5.39 Å². The Balaban J connectivity index is 1.65. The third-order valence-electron chi connectivity index (χ3n) is 5.69. The van der Waals surface area contributed by atoms with Crippen LogP contribution in [0.3, 0.4) is 0 Å². The van der Waals surface area contributed by atoms with E-state index >= 15 is 0 Å². The number of aromatic nitrogens is 1. The minimum atomic E-state index is -0.550. The lowest BCUT2D eigenvalue weighted by Gasteiger charge is -2.38. The number of benzene rings is 2. The van der Waals surface area contributed by atoms with Crippen molar-refractivity contribution >= 4 is 28.1 Å². The minimum Gasteiger partial charge on any atom is -0.324 e. The van der Waals surface area contributed by atoms with Gasteiger partial charge in [-0.2, -0.15) is 0 Å². The fourth-order valence-corrected chi connectivity index (χ4v) is 4.13. The van der Waals surface area contributed by atoms with Crippen molar-refractivity contribution in [3.8, 4) is 0 Å². The molecule has 0 spiro atoms. The topological polar surface area (TPSA) is 42.0 Å². The van der Waals surface area contributed by atoms with Gasteiger partial charge in [-0.1, -0.05) is 74.4 Å². The molecule has 3 heteroatoms. The maximum absolute atomic E-state index is 13.4. The molecule has 3 nitrogen and oxygen atoms in total. The van der Waals surface area contributed by atoms with Crippen LogP contribution in [-0.4, -0.2) is 10.9 Å². The molecular weight excluding hydrogens is 332 g/mol. The Morgan fingerprint density at radius 1 is 0.963 bits per heavy atom. The van der Waals surface area contributed by atoms with Gasteiger partial charge in [-0.15, -0.1) is 0 Å². The van der Waals surface area contributed by atoms with Crippen molar-refractivity contribution in [2.75, 3.05) is 5.32 Å². The fourth-order valence-electron chi connectivity index (χ4n) is 4.13. The monoisotopic (exact) mass is 356 g/mol. The molecule has 1 saturated carbocycles. The van der Waals surface area contributed by atoms with Gasteiger partial charge in [-0.25, -0.2) is 0 Å². The zero-order chi connectivity index (χ0) is 18.7. The van der Waals surface area contributed by atoms with Gasteiger partial charge in [0.25, 0.3) is 0 Å². The third-order valence-corrected chi connectivity index (χ3v) is 5.69. The molecule has 3 aromatic rings. The van der Waals surface area contributed by atoms with Crippen LogP contribution in [-0.2, 0) is 4.79 Å². The Labute approximate surface area is 160 Å². The number of fused-ring (bicyclic) bond motifs is 1. The third kappa shape index (κ3) is 3.37. The summed E-state index contributed by atoms with van der Waals surface area (Å²) in [6, 6.07) is 20.0. The Bertz CT molecular complexity index is 972. The summed E-state index contributed by atoms with van der Waals surface area (Å²) in [6.45, 7) is 4.36. The highest BCUT2D eigenvalue weighted by atomic mass is 16.2. The lowest BCUT2D eigenvalue weighted by Crippen LogP contribution is -2.39. The van der Waals surface area contributed by atoms with E-state index in [0.717, 1.165) is 53.4 Å². The normalized spacial score (nSPS) is 16.0. The van der Waals surface area contributed by atoms with E-state index in [1.807, 2.05) is 60.7 Å². The summed E-state index contributed by atoms with van der Waals surface area (Å²) in [7, 11) is 0. The maximum atomic E-state index is 13.4. The van der Waals surface area contributed by atoms with Crippen molar-refractivity contribution in [3.05, 3.63) is 79.0 Å². The highest BCUT2D eigenvalue weighted by Gasteiger charge is 2.42.